The quantitative estimate of drug-likeness (QED) is 0.472. The normalized spacial score (nSPS) is 12.3. The van der Waals surface area contributed by atoms with Gasteiger partial charge in [0.25, 0.3) is 10.0 Å². The number of ether oxygens (including phenoxy) is 1. The predicted octanol–water partition coefficient (Wildman–Crippen LogP) is 5.42. The molecule has 0 saturated heterocycles. The van der Waals surface area contributed by atoms with Gasteiger partial charge in [0.05, 0.1) is 10.5 Å². The Kier molecular flexibility index (Phi) is 6.42. The number of rotatable bonds is 7. The van der Waals surface area contributed by atoms with Crippen LogP contribution in [0.4, 0.5) is 18.9 Å². The van der Waals surface area contributed by atoms with Gasteiger partial charge in [0.15, 0.2) is 5.60 Å². The monoisotopic (exact) mass is 479 g/mol. The van der Waals surface area contributed by atoms with E-state index in [0.717, 1.165) is 12.1 Å². The Morgan fingerprint density at radius 3 is 2.06 bits per heavy atom. The van der Waals surface area contributed by atoms with Gasteiger partial charge in [-0.1, -0.05) is 24.3 Å². The van der Waals surface area contributed by atoms with Crippen molar-refractivity contribution >= 4 is 21.7 Å². The number of sulfonamides is 1. The Morgan fingerprint density at radius 2 is 1.52 bits per heavy atom. The van der Waals surface area contributed by atoms with Crippen LogP contribution in [0.25, 0.3) is 11.1 Å². The first-order valence-electron chi connectivity index (χ1n) is 9.61. The minimum absolute atomic E-state index is 0.222. The Balaban J connectivity index is 1.79. The van der Waals surface area contributed by atoms with E-state index in [2.05, 4.69) is 4.72 Å². The first-order chi connectivity index (χ1) is 15.3. The number of benzene rings is 3. The fourth-order valence-corrected chi connectivity index (χ4v) is 3.90. The molecule has 174 valence electrons. The van der Waals surface area contributed by atoms with E-state index >= 15 is 0 Å². The van der Waals surface area contributed by atoms with Crippen molar-refractivity contribution in [3.63, 3.8) is 0 Å². The molecular weight excluding hydrogens is 459 g/mol. The fourth-order valence-electron chi connectivity index (χ4n) is 2.85. The highest BCUT2D eigenvalue weighted by molar-refractivity contribution is 7.92. The average molecular weight is 479 g/mol. The number of carboxylic acid groups (broad SMARTS) is 1. The predicted molar refractivity (Wildman–Crippen MR) is 116 cm³/mol. The molecule has 33 heavy (non-hydrogen) atoms. The lowest BCUT2D eigenvalue weighted by molar-refractivity contribution is -0.152. The zero-order valence-corrected chi connectivity index (χ0v) is 18.4. The molecule has 2 N–H and O–H groups in total. The van der Waals surface area contributed by atoms with Crippen LogP contribution >= 0.6 is 0 Å². The van der Waals surface area contributed by atoms with Crippen molar-refractivity contribution in [3.8, 4) is 16.9 Å². The lowest BCUT2D eigenvalue weighted by Crippen LogP contribution is -2.37. The number of halogens is 3. The van der Waals surface area contributed by atoms with Gasteiger partial charge in [0.2, 0.25) is 0 Å². The fraction of sp³-hybridized carbons (Fsp3) is 0.174. The van der Waals surface area contributed by atoms with E-state index in [-0.39, 0.29) is 10.6 Å². The van der Waals surface area contributed by atoms with Gasteiger partial charge < -0.3 is 9.84 Å². The van der Waals surface area contributed by atoms with Crippen molar-refractivity contribution < 1.29 is 36.2 Å². The van der Waals surface area contributed by atoms with Crippen LogP contribution in [0.15, 0.2) is 77.7 Å². The lowest BCUT2D eigenvalue weighted by Gasteiger charge is -2.21. The largest absolute Gasteiger partial charge is 0.478 e. The maximum Gasteiger partial charge on any atom is 0.416 e. The van der Waals surface area contributed by atoms with Crippen LogP contribution in [0.2, 0.25) is 0 Å². The van der Waals surface area contributed by atoms with Crippen molar-refractivity contribution in [1.82, 2.24) is 0 Å². The van der Waals surface area contributed by atoms with E-state index in [9.17, 15) is 26.4 Å². The summed E-state index contributed by atoms with van der Waals surface area (Å²) >= 11 is 0. The summed E-state index contributed by atoms with van der Waals surface area (Å²) in [4.78, 5) is 10.9. The van der Waals surface area contributed by atoms with Gasteiger partial charge in [-0.25, -0.2) is 13.2 Å². The molecule has 6 nitrogen and oxygen atoms in total. The summed E-state index contributed by atoms with van der Waals surface area (Å²) in [5.74, 6) is -0.759. The van der Waals surface area contributed by atoms with Crippen LogP contribution in [0.1, 0.15) is 19.4 Å². The molecule has 0 aliphatic heterocycles. The van der Waals surface area contributed by atoms with Crippen LogP contribution < -0.4 is 9.46 Å². The zero-order chi connectivity index (χ0) is 24.4. The van der Waals surface area contributed by atoms with Gasteiger partial charge in [0.1, 0.15) is 5.75 Å². The summed E-state index contributed by atoms with van der Waals surface area (Å²) in [5.41, 5.74) is -0.752. The Hall–Kier alpha value is -3.53. The van der Waals surface area contributed by atoms with Gasteiger partial charge in [-0.05, 0) is 73.5 Å². The van der Waals surface area contributed by atoms with Crippen LogP contribution in [0.5, 0.6) is 5.75 Å². The van der Waals surface area contributed by atoms with E-state index < -0.39 is 33.3 Å². The highest BCUT2D eigenvalue weighted by Gasteiger charge is 2.31. The molecule has 0 atom stereocenters. The molecule has 0 aliphatic rings. The molecule has 0 amide bonds. The standard InChI is InChI=1S/C23H20F3NO5S/c1-22(2,21(28)29)32-19-10-6-15(7-11-19)16-4-3-5-18(14-16)27-33(30,31)20-12-8-17(9-13-20)23(24,25)26/h3-14,27H,1-2H3,(H,28,29). The van der Waals surface area contributed by atoms with E-state index in [1.54, 1.807) is 42.5 Å². The van der Waals surface area contributed by atoms with Crippen molar-refractivity contribution in [3.05, 3.63) is 78.4 Å². The second-order valence-corrected chi connectivity index (χ2v) is 9.33. The molecule has 0 saturated carbocycles. The average Bonchev–Trinajstić information content (AvgIpc) is 2.73. The highest BCUT2D eigenvalue weighted by atomic mass is 32.2. The summed E-state index contributed by atoms with van der Waals surface area (Å²) < 4.78 is 71.1. The van der Waals surface area contributed by atoms with E-state index in [0.29, 0.717) is 29.0 Å². The minimum atomic E-state index is -4.56. The summed E-state index contributed by atoms with van der Waals surface area (Å²) in [7, 11) is -4.10. The molecular formula is C23H20F3NO5S. The van der Waals surface area contributed by atoms with Gasteiger partial charge in [-0.2, -0.15) is 13.2 Å². The number of nitrogens with one attached hydrogen (secondary N) is 1. The minimum Gasteiger partial charge on any atom is -0.478 e. The third kappa shape index (κ3) is 5.83. The first kappa shape index (κ1) is 24.1. The summed E-state index contributed by atoms with van der Waals surface area (Å²) in [5, 5.41) is 9.16. The molecule has 0 spiro atoms. The van der Waals surface area contributed by atoms with E-state index in [1.807, 2.05) is 0 Å². The zero-order valence-electron chi connectivity index (χ0n) is 17.6. The van der Waals surface area contributed by atoms with Crippen molar-refractivity contribution in [2.45, 2.75) is 30.5 Å². The number of hydrogen-bond acceptors (Lipinski definition) is 4. The molecule has 3 aromatic carbocycles. The van der Waals surface area contributed by atoms with Crippen molar-refractivity contribution in [1.29, 1.82) is 0 Å². The molecule has 0 fully saturated rings. The van der Waals surface area contributed by atoms with Crippen LogP contribution in [0.3, 0.4) is 0 Å². The second-order valence-electron chi connectivity index (χ2n) is 7.65. The van der Waals surface area contributed by atoms with Gasteiger partial charge in [0, 0.05) is 5.69 Å². The van der Waals surface area contributed by atoms with Crippen molar-refractivity contribution in [2.24, 2.45) is 0 Å². The molecule has 3 rings (SSSR count). The molecule has 0 bridgehead atoms. The molecule has 0 heterocycles. The Morgan fingerprint density at radius 1 is 0.909 bits per heavy atom. The van der Waals surface area contributed by atoms with Gasteiger partial charge in [-0.3, -0.25) is 4.72 Å². The Bertz CT molecular complexity index is 1250. The number of alkyl halides is 3. The smallest absolute Gasteiger partial charge is 0.416 e. The van der Waals surface area contributed by atoms with Gasteiger partial charge in [-0.15, -0.1) is 0 Å². The topological polar surface area (TPSA) is 92.7 Å². The van der Waals surface area contributed by atoms with Crippen LogP contribution in [-0.4, -0.2) is 25.1 Å². The third-order valence-corrected chi connectivity index (χ3v) is 6.08. The lowest BCUT2D eigenvalue weighted by atomic mass is 10.0. The van der Waals surface area contributed by atoms with Gasteiger partial charge >= 0.3 is 12.1 Å². The number of hydrogen-bond donors (Lipinski definition) is 2. The van der Waals surface area contributed by atoms with Crippen molar-refractivity contribution in [2.75, 3.05) is 4.72 Å². The number of carbonyl (C=O) groups is 1. The molecule has 0 aliphatic carbocycles. The SMILES string of the molecule is CC(C)(Oc1ccc(-c2cccc(NS(=O)(=O)c3ccc(C(F)(F)F)cc3)c2)cc1)C(=O)O. The summed E-state index contributed by atoms with van der Waals surface area (Å²) in [6.45, 7) is 2.85. The molecule has 10 heteroatoms. The number of anilines is 1. The maximum absolute atomic E-state index is 12.7. The molecule has 3 aromatic rings. The highest BCUT2D eigenvalue weighted by Crippen LogP contribution is 2.31. The van der Waals surface area contributed by atoms with Crippen LogP contribution in [-0.2, 0) is 21.0 Å². The third-order valence-electron chi connectivity index (χ3n) is 4.68. The maximum atomic E-state index is 12.7. The number of carboxylic acids is 1. The second kappa shape index (κ2) is 8.78. The van der Waals surface area contributed by atoms with E-state index in [1.165, 1.54) is 19.9 Å². The molecule has 0 radical (unpaired) electrons. The van der Waals surface area contributed by atoms with E-state index in [4.69, 9.17) is 9.84 Å². The summed E-state index contributed by atoms with van der Waals surface area (Å²) in [6.07, 6.45) is -4.56. The number of aliphatic carboxylic acids is 1. The first-order valence-corrected chi connectivity index (χ1v) is 11.1. The van der Waals surface area contributed by atoms with Crippen LogP contribution in [0, 0.1) is 0 Å². The molecule has 0 unspecified atom stereocenters. The molecule has 0 aromatic heterocycles. The summed E-state index contributed by atoms with van der Waals surface area (Å²) in [6, 6.07) is 16.2. The Labute approximate surface area is 188 Å².